The predicted octanol–water partition coefficient (Wildman–Crippen LogP) is 6.62. The van der Waals surface area contributed by atoms with Gasteiger partial charge < -0.3 is 0 Å². The van der Waals surface area contributed by atoms with Gasteiger partial charge in [0.25, 0.3) is 0 Å². The van der Waals surface area contributed by atoms with Crippen LogP contribution in [0.5, 0.6) is 0 Å². The third-order valence-electron chi connectivity index (χ3n) is 5.02. The minimum absolute atomic E-state index is 0.296. The molecule has 1 aliphatic heterocycles. The molecule has 0 radical (unpaired) electrons. The Morgan fingerprint density at radius 3 is 1.20 bits per heavy atom. The number of hydrogen-bond acceptors (Lipinski definition) is 2. The quantitative estimate of drug-likeness (QED) is 0.322. The summed E-state index contributed by atoms with van der Waals surface area (Å²) >= 11 is 0. The van der Waals surface area contributed by atoms with Crippen molar-refractivity contribution < 1.29 is 8.78 Å². The van der Waals surface area contributed by atoms with Crippen LogP contribution in [0, 0.1) is 11.6 Å². The van der Waals surface area contributed by atoms with Crippen LogP contribution in [0.3, 0.4) is 0 Å². The maximum atomic E-state index is 13.5. The van der Waals surface area contributed by atoms with Crippen LogP contribution in [0.2, 0.25) is 0 Å². The molecule has 0 N–H and O–H groups in total. The molecule has 4 aromatic carbocycles. The monoisotopic (exact) mass is 394 g/mol. The molecule has 0 aromatic heterocycles. The topological polar surface area (TPSA) is 24.7 Å². The van der Waals surface area contributed by atoms with E-state index in [4.69, 9.17) is 9.98 Å². The molecule has 2 nitrogen and oxygen atoms in total. The highest BCUT2D eigenvalue weighted by Gasteiger charge is 2.19. The van der Waals surface area contributed by atoms with E-state index >= 15 is 0 Å². The predicted molar refractivity (Wildman–Crippen MR) is 116 cm³/mol. The maximum Gasteiger partial charge on any atom is 0.123 e. The average Bonchev–Trinajstić information content (AvgIpc) is 2.77. The summed E-state index contributed by atoms with van der Waals surface area (Å²) in [5.74, 6) is -0.592. The van der Waals surface area contributed by atoms with E-state index in [0.29, 0.717) is 0 Å². The lowest BCUT2D eigenvalue weighted by atomic mass is 9.96. The summed E-state index contributed by atoms with van der Waals surface area (Å²) < 4.78 is 27.0. The molecule has 1 heterocycles. The van der Waals surface area contributed by atoms with Crippen LogP contribution in [-0.2, 0) is 0 Å². The summed E-state index contributed by atoms with van der Waals surface area (Å²) in [5, 5.41) is 0. The molecule has 0 saturated heterocycles. The Labute approximate surface area is 172 Å². The number of hydrogen-bond donors (Lipinski definition) is 0. The van der Waals surface area contributed by atoms with Crippen LogP contribution < -0.4 is 0 Å². The Bertz CT molecular complexity index is 1180. The summed E-state index contributed by atoms with van der Waals surface area (Å²) in [6.07, 6.45) is 0. The van der Waals surface area contributed by atoms with E-state index in [1.165, 1.54) is 24.3 Å². The van der Waals surface area contributed by atoms with Gasteiger partial charge in [0.05, 0.1) is 22.8 Å². The van der Waals surface area contributed by atoms with Crippen LogP contribution in [0.1, 0.15) is 22.3 Å². The standard InChI is InChI=1S/C26H16F2N2/c27-19-13-9-17(10-14-19)25-21-5-1-3-7-23(21)29-26(18-11-15-20(28)16-12-18)22-6-2-4-8-24(22)30-25/h1-16H. The molecule has 0 saturated carbocycles. The molecule has 4 aromatic rings. The Morgan fingerprint density at radius 1 is 0.433 bits per heavy atom. The molecule has 4 heteroatoms. The van der Waals surface area contributed by atoms with E-state index in [2.05, 4.69) is 0 Å². The van der Waals surface area contributed by atoms with Gasteiger partial charge in [0.1, 0.15) is 11.6 Å². The molecule has 0 atom stereocenters. The molecular weight excluding hydrogens is 378 g/mol. The highest BCUT2D eigenvalue weighted by atomic mass is 19.1. The van der Waals surface area contributed by atoms with Gasteiger partial charge in [-0.15, -0.1) is 0 Å². The zero-order chi connectivity index (χ0) is 20.5. The average molecular weight is 394 g/mol. The van der Waals surface area contributed by atoms with Crippen molar-refractivity contribution in [2.45, 2.75) is 0 Å². The first-order chi connectivity index (χ1) is 14.7. The first-order valence-electron chi connectivity index (χ1n) is 9.57. The van der Waals surface area contributed by atoms with E-state index in [-0.39, 0.29) is 11.6 Å². The van der Waals surface area contributed by atoms with Gasteiger partial charge in [-0.25, -0.2) is 18.8 Å². The number of fused-ring (bicyclic) bond motifs is 2. The number of aliphatic imine (C=N–C) groups is 2. The van der Waals surface area contributed by atoms with Crippen LogP contribution in [-0.4, -0.2) is 11.4 Å². The fourth-order valence-corrected chi connectivity index (χ4v) is 3.56. The first-order valence-corrected chi connectivity index (χ1v) is 9.57. The molecule has 0 spiro atoms. The van der Waals surface area contributed by atoms with Crippen molar-refractivity contribution in [2.75, 3.05) is 0 Å². The largest absolute Gasteiger partial charge is 0.247 e. The zero-order valence-corrected chi connectivity index (χ0v) is 15.9. The third-order valence-corrected chi connectivity index (χ3v) is 5.02. The lowest BCUT2D eigenvalue weighted by molar-refractivity contribution is 0.627. The molecule has 0 bridgehead atoms. The molecule has 144 valence electrons. The second-order valence-electron chi connectivity index (χ2n) is 6.97. The fourth-order valence-electron chi connectivity index (χ4n) is 3.56. The normalized spacial score (nSPS) is 12.7. The number of nitrogens with zero attached hydrogens (tertiary/aromatic N) is 2. The molecule has 0 amide bonds. The van der Waals surface area contributed by atoms with Gasteiger partial charge in [-0.05, 0) is 60.7 Å². The van der Waals surface area contributed by atoms with Crippen molar-refractivity contribution in [3.05, 3.63) is 131 Å². The van der Waals surface area contributed by atoms with E-state index in [1.807, 2.05) is 48.5 Å². The van der Waals surface area contributed by atoms with E-state index in [9.17, 15) is 8.78 Å². The van der Waals surface area contributed by atoms with E-state index in [0.717, 1.165) is 45.1 Å². The number of halogens is 2. The fraction of sp³-hybridized carbons (Fsp3) is 0. The van der Waals surface area contributed by atoms with Crippen molar-refractivity contribution in [2.24, 2.45) is 9.98 Å². The highest BCUT2D eigenvalue weighted by Crippen LogP contribution is 2.33. The molecule has 0 aliphatic carbocycles. The van der Waals surface area contributed by atoms with Crippen molar-refractivity contribution in [1.82, 2.24) is 0 Å². The molecular formula is C26H16F2N2. The van der Waals surface area contributed by atoms with Gasteiger partial charge in [-0.3, -0.25) is 0 Å². The molecule has 0 fully saturated rings. The lowest BCUT2D eigenvalue weighted by Crippen LogP contribution is -2.10. The highest BCUT2D eigenvalue weighted by molar-refractivity contribution is 6.22. The Morgan fingerprint density at radius 2 is 0.800 bits per heavy atom. The lowest BCUT2D eigenvalue weighted by Gasteiger charge is -2.18. The molecule has 0 unspecified atom stereocenters. The number of benzene rings is 4. The molecule has 30 heavy (non-hydrogen) atoms. The van der Waals surface area contributed by atoms with Gasteiger partial charge in [-0.2, -0.15) is 0 Å². The zero-order valence-electron chi connectivity index (χ0n) is 15.9. The summed E-state index contributed by atoms with van der Waals surface area (Å²) in [7, 11) is 0. The van der Waals surface area contributed by atoms with Gasteiger partial charge in [-0.1, -0.05) is 36.4 Å². The minimum atomic E-state index is -0.296. The van der Waals surface area contributed by atoms with Crippen molar-refractivity contribution >= 4 is 22.8 Å². The molecule has 5 rings (SSSR count). The van der Waals surface area contributed by atoms with Gasteiger partial charge in [0.2, 0.25) is 0 Å². The van der Waals surface area contributed by atoms with E-state index in [1.54, 1.807) is 24.3 Å². The van der Waals surface area contributed by atoms with Crippen molar-refractivity contribution in [3.63, 3.8) is 0 Å². The second kappa shape index (κ2) is 7.48. The summed E-state index contributed by atoms with van der Waals surface area (Å²) in [6.45, 7) is 0. The summed E-state index contributed by atoms with van der Waals surface area (Å²) in [6, 6.07) is 28.1. The summed E-state index contributed by atoms with van der Waals surface area (Å²) in [5.41, 5.74) is 6.23. The van der Waals surface area contributed by atoms with Crippen LogP contribution in [0.4, 0.5) is 20.2 Å². The van der Waals surface area contributed by atoms with E-state index < -0.39 is 0 Å². The van der Waals surface area contributed by atoms with Crippen LogP contribution >= 0.6 is 0 Å². The van der Waals surface area contributed by atoms with Crippen molar-refractivity contribution in [1.29, 1.82) is 0 Å². The Balaban J connectivity index is 1.79. The number of para-hydroxylation sites is 2. The van der Waals surface area contributed by atoms with Gasteiger partial charge in [0, 0.05) is 22.3 Å². The van der Waals surface area contributed by atoms with Gasteiger partial charge >= 0.3 is 0 Å². The van der Waals surface area contributed by atoms with Crippen molar-refractivity contribution in [3.8, 4) is 0 Å². The maximum absolute atomic E-state index is 13.5. The summed E-state index contributed by atoms with van der Waals surface area (Å²) in [4.78, 5) is 9.95. The Hall–Kier alpha value is -3.92. The minimum Gasteiger partial charge on any atom is -0.247 e. The Kier molecular flexibility index (Phi) is 4.52. The first kappa shape index (κ1) is 18.1. The second-order valence-corrected chi connectivity index (χ2v) is 6.97. The SMILES string of the molecule is Fc1ccc(C2=Nc3ccccc3C(c3ccc(F)cc3)=Nc3ccccc32)cc1. The third kappa shape index (κ3) is 3.33. The van der Waals surface area contributed by atoms with Crippen LogP contribution in [0.25, 0.3) is 0 Å². The van der Waals surface area contributed by atoms with Gasteiger partial charge in [0.15, 0.2) is 0 Å². The molecule has 1 aliphatic rings. The smallest absolute Gasteiger partial charge is 0.123 e. The number of rotatable bonds is 2. The van der Waals surface area contributed by atoms with Crippen LogP contribution in [0.15, 0.2) is 107 Å².